The molecule has 0 rings (SSSR count). The molecule has 0 spiro atoms. The van der Waals surface area contributed by atoms with Gasteiger partial charge >= 0.3 is 0 Å². The maximum Gasteiger partial charge on any atom is 0.230 e. The maximum absolute atomic E-state index is 11.9. The van der Waals surface area contributed by atoms with Crippen LogP contribution < -0.4 is 0 Å². The summed E-state index contributed by atoms with van der Waals surface area (Å²) in [4.78, 5) is 0. The minimum absolute atomic E-state index is 0.640. The van der Waals surface area contributed by atoms with Crippen molar-refractivity contribution in [3.63, 3.8) is 0 Å². The first-order chi connectivity index (χ1) is 18.8. The predicted molar refractivity (Wildman–Crippen MR) is 169 cm³/mol. The standard InChI is InChI=1S/C36H69O2/c1-3-5-7-9-11-13-15-17-19-21-23-25-27-29-31-33-35-38-36(37)34-32-30-28-26-24-22-20-18-16-14-12-10-8-6-4-2/h18,20,33,35-36H,3-17,19,21-32,34H2,1-2H3/b20-18-,35-33?. The highest BCUT2D eigenvalue weighted by Crippen LogP contribution is 2.14. The summed E-state index contributed by atoms with van der Waals surface area (Å²) < 4.78 is 5.33. The first kappa shape index (κ1) is 37.2. The molecular weight excluding hydrogens is 464 g/mol. The summed E-state index contributed by atoms with van der Waals surface area (Å²) in [5.41, 5.74) is 0. The molecule has 38 heavy (non-hydrogen) atoms. The van der Waals surface area contributed by atoms with Gasteiger partial charge in [0, 0.05) is 6.42 Å². The van der Waals surface area contributed by atoms with Crippen LogP contribution in [0, 0.1) is 0 Å². The van der Waals surface area contributed by atoms with Gasteiger partial charge in [0.15, 0.2) is 0 Å². The SMILES string of the molecule is CCCCCCCC/C=C\CCCCCCCC([O])OC=CCCCCCCCCCCCCCCCC. The van der Waals surface area contributed by atoms with E-state index in [0.717, 1.165) is 19.3 Å². The summed E-state index contributed by atoms with van der Waals surface area (Å²) in [7, 11) is 0. The average Bonchev–Trinajstić information content (AvgIpc) is 2.92. The van der Waals surface area contributed by atoms with Crippen LogP contribution in [0.1, 0.15) is 200 Å². The number of ether oxygens (including phenoxy) is 1. The van der Waals surface area contributed by atoms with E-state index in [9.17, 15) is 5.11 Å². The third kappa shape index (κ3) is 33.3. The van der Waals surface area contributed by atoms with E-state index in [1.165, 1.54) is 161 Å². The van der Waals surface area contributed by atoms with Crippen molar-refractivity contribution in [2.75, 3.05) is 0 Å². The third-order valence-corrected chi connectivity index (χ3v) is 7.75. The molecule has 1 unspecified atom stereocenters. The van der Waals surface area contributed by atoms with Crippen LogP contribution in [0.25, 0.3) is 0 Å². The van der Waals surface area contributed by atoms with Gasteiger partial charge < -0.3 is 4.74 Å². The second-order valence-corrected chi connectivity index (χ2v) is 11.7. The summed E-state index contributed by atoms with van der Waals surface area (Å²) in [6.07, 6.45) is 45.5. The van der Waals surface area contributed by atoms with Crippen molar-refractivity contribution in [3.05, 3.63) is 24.5 Å². The topological polar surface area (TPSA) is 29.1 Å². The predicted octanol–water partition coefficient (Wildman–Crippen LogP) is 13.2. The fourth-order valence-electron chi connectivity index (χ4n) is 5.12. The van der Waals surface area contributed by atoms with Gasteiger partial charge in [-0.1, -0.05) is 161 Å². The molecule has 225 valence electrons. The Bertz CT molecular complexity index is 470. The van der Waals surface area contributed by atoms with E-state index in [0.29, 0.717) is 6.42 Å². The second kappa shape index (κ2) is 34.3. The van der Waals surface area contributed by atoms with Gasteiger partial charge in [0.2, 0.25) is 6.29 Å². The Morgan fingerprint density at radius 1 is 0.421 bits per heavy atom. The summed E-state index contributed by atoms with van der Waals surface area (Å²) in [5, 5.41) is 11.9. The molecule has 0 aliphatic carbocycles. The molecule has 0 saturated heterocycles. The fraction of sp³-hybridized carbons (Fsp3) is 0.889. The smallest absolute Gasteiger partial charge is 0.230 e. The fourth-order valence-corrected chi connectivity index (χ4v) is 5.12. The van der Waals surface area contributed by atoms with Crippen LogP contribution in [0.3, 0.4) is 0 Å². The minimum Gasteiger partial charge on any atom is -0.470 e. The van der Waals surface area contributed by atoms with Crippen molar-refractivity contribution in [1.29, 1.82) is 0 Å². The number of hydrogen-bond acceptors (Lipinski definition) is 1. The number of allylic oxidation sites excluding steroid dienone is 3. The highest BCUT2D eigenvalue weighted by molar-refractivity contribution is 4.81. The summed E-state index contributed by atoms with van der Waals surface area (Å²) in [5.74, 6) is 0. The zero-order valence-electron chi connectivity index (χ0n) is 26.2. The molecule has 0 amide bonds. The van der Waals surface area contributed by atoms with Crippen LogP contribution in [0.15, 0.2) is 24.5 Å². The normalized spacial score (nSPS) is 12.7. The van der Waals surface area contributed by atoms with Crippen molar-refractivity contribution in [1.82, 2.24) is 0 Å². The van der Waals surface area contributed by atoms with Crippen molar-refractivity contribution in [2.45, 2.75) is 206 Å². The zero-order valence-corrected chi connectivity index (χ0v) is 26.2. The Morgan fingerprint density at radius 2 is 0.737 bits per heavy atom. The van der Waals surface area contributed by atoms with E-state index in [4.69, 9.17) is 4.74 Å². The monoisotopic (exact) mass is 534 g/mol. The lowest BCUT2D eigenvalue weighted by atomic mass is 10.0. The van der Waals surface area contributed by atoms with E-state index in [1.807, 2.05) is 6.08 Å². The molecule has 2 nitrogen and oxygen atoms in total. The van der Waals surface area contributed by atoms with Crippen LogP contribution in [-0.4, -0.2) is 6.29 Å². The Labute approximate surface area is 240 Å². The Kier molecular flexibility index (Phi) is 33.6. The number of unbranched alkanes of at least 4 members (excludes halogenated alkanes) is 25. The lowest BCUT2D eigenvalue weighted by molar-refractivity contribution is -0.105. The lowest BCUT2D eigenvalue weighted by Gasteiger charge is -2.07. The van der Waals surface area contributed by atoms with Crippen LogP contribution in [0.2, 0.25) is 0 Å². The summed E-state index contributed by atoms with van der Waals surface area (Å²) in [6.45, 7) is 4.56. The molecule has 0 aliphatic heterocycles. The van der Waals surface area contributed by atoms with Gasteiger partial charge in [-0.15, -0.1) is 0 Å². The third-order valence-electron chi connectivity index (χ3n) is 7.75. The van der Waals surface area contributed by atoms with Crippen LogP contribution in [0.4, 0.5) is 0 Å². The van der Waals surface area contributed by atoms with Crippen molar-refractivity contribution in [3.8, 4) is 0 Å². The van der Waals surface area contributed by atoms with Gasteiger partial charge in [-0.3, -0.25) is 0 Å². The van der Waals surface area contributed by atoms with Gasteiger partial charge in [-0.2, -0.15) is 5.11 Å². The van der Waals surface area contributed by atoms with Gasteiger partial charge in [-0.05, 0) is 51.0 Å². The molecular formula is C36H69O2. The highest BCUT2D eigenvalue weighted by Gasteiger charge is 2.03. The molecule has 0 aromatic rings. The van der Waals surface area contributed by atoms with Crippen LogP contribution in [-0.2, 0) is 9.84 Å². The molecule has 0 fully saturated rings. The summed E-state index contributed by atoms with van der Waals surface area (Å²) in [6, 6.07) is 0. The van der Waals surface area contributed by atoms with Crippen LogP contribution >= 0.6 is 0 Å². The molecule has 0 bridgehead atoms. The first-order valence-corrected chi connectivity index (χ1v) is 17.4. The van der Waals surface area contributed by atoms with E-state index in [2.05, 4.69) is 26.0 Å². The van der Waals surface area contributed by atoms with E-state index >= 15 is 0 Å². The molecule has 1 radical (unpaired) electrons. The maximum atomic E-state index is 11.9. The van der Waals surface area contributed by atoms with Gasteiger partial charge in [0.1, 0.15) is 0 Å². The number of hydrogen-bond donors (Lipinski definition) is 0. The highest BCUT2D eigenvalue weighted by atomic mass is 16.6. The average molecular weight is 534 g/mol. The van der Waals surface area contributed by atoms with Crippen molar-refractivity contribution < 1.29 is 9.84 Å². The molecule has 1 atom stereocenters. The summed E-state index contributed by atoms with van der Waals surface area (Å²) >= 11 is 0. The molecule has 0 aliphatic rings. The zero-order chi connectivity index (χ0) is 27.6. The van der Waals surface area contributed by atoms with Gasteiger partial charge in [-0.25, -0.2) is 0 Å². The van der Waals surface area contributed by atoms with E-state index in [-0.39, 0.29) is 0 Å². The van der Waals surface area contributed by atoms with Crippen molar-refractivity contribution in [2.24, 2.45) is 0 Å². The first-order valence-electron chi connectivity index (χ1n) is 17.4. The molecule has 0 aromatic heterocycles. The Balaban J connectivity index is 3.25. The molecule has 2 heteroatoms. The quantitative estimate of drug-likeness (QED) is 0.0366. The molecule has 0 N–H and O–H groups in total. The Hall–Kier alpha value is -0.760. The van der Waals surface area contributed by atoms with Crippen LogP contribution in [0.5, 0.6) is 0 Å². The molecule has 0 aromatic carbocycles. The van der Waals surface area contributed by atoms with E-state index < -0.39 is 6.29 Å². The minimum atomic E-state index is -0.882. The Morgan fingerprint density at radius 3 is 1.13 bits per heavy atom. The van der Waals surface area contributed by atoms with E-state index in [1.54, 1.807) is 6.26 Å². The lowest BCUT2D eigenvalue weighted by Crippen LogP contribution is -2.05. The second-order valence-electron chi connectivity index (χ2n) is 11.7. The number of rotatable bonds is 32. The largest absolute Gasteiger partial charge is 0.470 e. The molecule has 0 heterocycles. The van der Waals surface area contributed by atoms with Gasteiger partial charge in [0.25, 0.3) is 0 Å². The van der Waals surface area contributed by atoms with Crippen molar-refractivity contribution >= 4 is 0 Å². The molecule has 0 saturated carbocycles. The van der Waals surface area contributed by atoms with Gasteiger partial charge in [0.05, 0.1) is 6.26 Å².